The van der Waals surface area contributed by atoms with Crippen LogP contribution in [-0.2, 0) is 6.54 Å². The number of fused-ring (bicyclic) bond motifs is 1. The lowest BCUT2D eigenvalue weighted by molar-refractivity contribution is 0.394. The predicted octanol–water partition coefficient (Wildman–Crippen LogP) is 4.25. The van der Waals surface area contributed by atoms with Crippen molar-refractivity contribution in [3.8, 4) is 22.6 Å². The summed E-state index contributed by atoms with van der Waals surface area (Å²) in [4.78, 5) is 22.6. The zero-order chi connectivity index (χ0) is 21.1. The highest BCUT2D eigenvalue weighted by Crippen LogP contribution is 2.29. The molecule has 2 aromatic carbocycles. The van der Waals surface area contributed by atoms with E-state index in [9.17, 15) is 4.79 Å². The molecule has 0 saturated heterocycles. The Balaban J connectivity index is 1.98. The van der Waals surface area contributed by atoms with Gasteiger partial charge in [-0.2, -0.15) is 0 Å². The second kappa shape index (κ2) is 8.59. The highest BCUT2D eigenvalue weighted by molar-refractivity contribution is 7.98. The van der Waals surface area contributed by atoms with Crippen molar-refractivity contribution in [3.05, 3.63) is 76.7 Å². The van der Waals surface area contributed by atoms with E-state index in [4.69, 9.17) is 9.47 Å². The maximum Gasteiger partial charge on any atom is 0.260 e. The highest BCUT2D eigenvalue weighted by Gasteiger charge is 2.15. The number of ether oxygens (including phenoxy) is 2. The Labute approximate surface area is 178 Å². The molecule has 4 rings (SSSR count). The van der Waals surface area contributed by atoms with Gasteiger partial charge in [0.05, 0.1) is 20.8 Å². The lowest BCUT2D eigenvalue weighted by Crippen LogP contribution is -2.23. The van der Waals surface area contributed by atoms with E-state index in [1.807, 2.05) is 54.8 Å². The average molecular weight is 420 g/mol. The maximum atomic E-state index is 13.6. The molecule has 152 valence electrons. The van der Waals surface area contributed by atoms with Crippen molar-refractivity contribution in [1.82, 2.24) is 14.5 Å². The van der Waals surface area contributed by atoms with Crippen LogP contribution in [0.4, 0.5) is 0 Å². The van der Waals surface area contributed by atoms with E-state index in [-0.39, 0.29) is 5.56 Å². The lowest BCUT2D eigenvalue weighted by Gasteiger charge is -2.14. The van der Waals surface area contributed by atoms with Crippen molar-refractivity contribution < 1.29 is 9.47 Å². The lowest BCUT2D eigenvalue weighted by atomic mass is 10.0. The quantitative estimate of drug-likeness (QED) is 0.344. The number of hydrogen-bond donors (Lipinski definition) is 0. The Hall–Kier alpha value is -3.32. The molecule has 0 atom stereocenters. The fourth-order valence-electron chi connectivity index (χ4n) is 3.32. The molecule has 30 heavy (non-hydrogen) atoms. The molecule has 2 heterocycles. The summed E-state index contributed by atoms with van der Waals surface area (Å²) in [5, 5.41) is 1.42. The van der Waals surface area contributed by atoms with Crippen LogP contribution in [0.15, 0.2) is 70.7 Å². The van der Waals surface area contributed by atoms with E-state index in [2.05, 4.69) is 9.97 Å². The molecule has 0 saturated carbocycles. The van der Waals surface area contributed by atoms with Gasteiger partial charge in [0.25, 0.3) is 5.56 Å². The van der Waals surface area contributed by atoms with Crippen LogP contribution in [0.3, 0.4) is 0 Å². The van der Waals surface area contributed by atoms with E-state index in [0.29, 0.717) is 40.0 Å². The number of thioether (sulfide) groups is 1. The second-order valence-electron chi connectivity index (χ2n) is 6.67. The molecule has 0 unspecified atom stereocenters. The molecule has 0 aliphatic rings. The van der Waals surface area contributed by atoms with Crippen LogP contribution < -0.4 is 15.0 Å². The van der Waals surface area contributed by atoms with Gasteiger partial charge < -0.3 is 9.47 Å². The molecule has 7 heteroatoms. The smallest absolute Gasteiger partial charge is 0.260 e. The third kappa shape index (κ3) is 3.89. The van der Waals surface area contributed by atoms with Gasteiger partial charge in [0.1, 0.15) is 17.1 Å². The molecule has 0 radical (unpaired) electrons. The fraction of sp³-hybridized carbons (Fsp3) is 0.174. The molecule has 0 fully saturated rings. The number of hydrogen-bond acceptors (Lipinski definition) is 6. The van der Waals surface area contributed by atoms with Gasteiger partial charge in [-0.25, -0.2) is 9.97 Å². The summed E-state index contributed by atoms with van der Waals surface area (Å²) in [6.07, 6.45) is 3.67. The van der Waals surface area contributed by atoms with Crippen LogP contribution in [0.5, 0.6) is 11.5 Å². The summed E-state index contributed by atoms with van der Waals surface area (Å²) in [5.74, 6) is 1.24. The third-order valence-electron chi connectivity index (χ3n) is 4.83. The summed E-state index contributed by atoms with van der Waals surface area (Å²) in [7, 11) is 3.18. The van der Waals surface area contributed by atoms with Gasteiger partial charge >= 0.3 is 0 Å². The Morgan fingerprint density at radius 2 is 1.70 bits per heavy atom. The molecule has 4 aromatic rings. The topological polar surface area (TPSA) is 66.2 Å². The summed E-state index contributed by atoms with van der Waals surface area (Å²) >= 11 is 1.44. The second-order valence-corrected chi connectivity index (χ2v) is 7.45. The largest absolute Gasteiger partial charge is 0.497 e. The third-order valence-corrected chi connectivity index (χ3v) is 5.40. The zero-order valence-corrected chi connectivity index (χ0v) is 17.8. The van der Waals surface area contributed by atoms with Crippen LogP contribution in [0.1, 0.15) is 5.56 Å². The van der Waals surface area contributed by atoms with E-state index < -0.39 is 0 Å². The molecule has 2 aromatic heterocycles. The monoisotopic (exact) mass is 419 g/mol. The molecule has 0 aliphatic carbocycles. The zero-order valence-electron chi connectivity index (χ0n) is 17.0. The van der Waals surface area contributed by atoms with Gasteiger partial charge in [-0.05, 0) is 35.6 Å². The Kier molecular flexibility index (Phi) is 5.72. The van der Waals surface area contributed by atoms with Gasteiger partial charge in [0.15, 0.2) is 5.16 Å². The van der Waals surface area contributed by atoms with Crippen molar-refractivity contribution in [2.75, 3.05) is 20.5 Å². The van der Waals surface area contributed by atoms with Crippen molar-refractivity contribution in [2.24, 2.45) is 0 Å². The van der Waals surface area contributed by atoms with Gasteiger partial charge in [-0.1, -0.05) is 42.1 Å². The van der Waals surface area contributed by atoms with Gasteiger partial charge in [0, 0.05) is 23.2 Å². The normalized spacial score (nSPS) is 10.9. The molecule has 0 amide bonds. The van der Waals surface area contributed by atoms with Crippen molar-refractivity contribution in [2.45, 2.75) is 11.7 Å². The molecule has 0 spiro atoms. The average Bonchev–Trinajstić information content (AvgIpc) is 2.80. The van der Waals surface area contributed by atoms with Gasteiger partial charge in [0.2, 0.25) is 0 Å². The first-order chi connectivity index (χ1) is 14.6. The number of pyridine rings is 1. The number of benzene rings is 2. The predicted molar refractivity (Wildman–Crippen MR) is 120 cm³/mol. The number of aromatic nitrogens is 3. The maximum absolute atomic E-state index is 13.6. The van der Waals surface area contributed by atoms with Crippen molar-refractivity contribution >= 4 is 22.8 Å². The number of nitrogens with zero attached hydrogens (tertiary/aromatic N) is 3. The Morgan fingerprint density at radius 1 is 1.00 bits per heavy atom. The fourth-order valence-corrected chi connectivity index (χ4v) is 3.66. The minimum Gasteiger partial charge on any atom is -0.497 e. The molecular weight excluding hydrogens is 398 g/mol. The molecular formula is C23H21N3O3S. The Morgan fingerprint density at radius 3 is 2.33 bits per heavy atom. The van der Waals surface area contributed by atoms with Crippen LogP contribution >= 0.6 is 11.8 Å². The number of methoxy groups -OCH3 is 2. The molecule has 0 bridgehead atoms. The molecule has 0 N–H and O–H groups in total. The summed E-state index contributed by atoms with van der Waals surface area (Å²) in [6.45, 7) is 0.413. The van der Waals surface area contributed by atoms with Crippen molar-refractivity contribution in [3.63, 3.8) is 0 Å². The Bertz CT molecular complexity index is 1230. The standard InChI is InChI=1S/C23H21N3O3S/c1-28-18-9-16(10-19(12-18)29-2)20-11-17-13-24-23(30-3)25-21(17)26(22(20)27)14-15-7-5-4-6-8-15/h4-13H,14H2,1-3H3. The minimum atomic E-state index is -0.132. The molecule has 6 nitrogen and oxygen atoms in total. The van der Waals surface area contributed by atoms with E-state index in [1.165, 1.54) is 11.8 Å². The van der Waals surface area contributed by atoms with Crippen LogP contribution in [0.25, 0.3) is 22.2 Å². The highest BCUT2D eigenvalue weighted by atomic mass is 32.2. The molecule has 0 aliphatic heterocycles. The number of rotatable bonds is 6. The van der Waals surface area contributed by atoms with Crippen LogP contribution in [-0.4, -0.2) is 35.0 Å². The van der Waals surface area contributed by atoms with Crippen LogP contribution in [0.2, 0.25) is 0 Å². The van der Waals surface area contributed by atoms with Gasteiger partial charge in [-0.3, -0.25) is 9.36 Å². The summed E-state index contributed by atoms with van der Waals surface area (Å²) < 4.78 is 12.5. The first-order valence-electron chi connectivity index (χ1n) is 9.35. The van der Waals surface area contributed by atoms with Crippen LogP contribution in [0, 0.1) is 0 Å². The first kappa shape index (κ1) is 20.0. The summed E-state index contributed by atoms with van der Waals surface area (Å²) in [5.41, 5.74) is 2.75. The minimum absolute atomic E-state index is 0.132. The van der Waals surface area contributed by atoms with Gasteiger partial charge in [-0.15, -0.1) is 0 Å². The van der Waals surface area contributed by atoms with E-state index in [1.54, 1.807) is 31.0 Å². The first-order valence-corrected chi connectivity index (χ1v) is 10.6. The summed E-state index contributed by atoms with van der Waals surface area (Å²) in [6, 6.07) is 17.1. The van der Waals surface area contributed by atoms with Crippen molar-refractivity contribution in [1.29, 1.82) is 0 Å². The van der Waals surface area contributed by atoms with E-state index >= 15 is 0 Å². The van der Waals surface area contributed by atoms with E-state index in [0.717, 1.165) is 10.9 Å². The SMILES string of the molecule is COc1cc(OC)cc(-c2cc3cnc(SC)nc3n(Cc3ccccc3)c2=O)c1.